The van der Waals surface area contributed by atoms with Gasteiger partial charge >= 0.3 is 0 Å². The van der Waals surface area contributed by atoms with Crippen LogP contribution >= 0.6 is 15.9 Å². The molecule has 1 unspecified atom stereocenters. The van der Waals surface area contributed by atoms with E-state index in [-0.39, 0.29) is 13.2 Å². The Kier molecular flexibility index (Phi) is 5.59. The first kappa shape index (κ1) is 18.0. The molecule has 26 heavy (non-hydrogen) atoms. The Morgan fingerprint density at radius 1 is 1.19 bits per heavy atom. The molecule has 0 aliphatic carbocycles. The predicted octanol–water partition coefficient (Wildman–Crippen LogP) is 1.64. The minimum Gasteiger partial charge on any atom is -0.491 e. The first-order chi connectivity index (χ1) is 12.5. The largest absolute Gasteiger partial charge is 0.491 e. The van der Waals surface area contributed by atoms with E-state index in [2.05, 4.69) is 31.3 Å². The molecular formula is C17H16BrN5O3. The Morgan fingerprint density at radius 2 is 1.88 bits per heavy atom. The molecule has 134 valence electrons. The van der Waals surface area contributed by atoms with E-state index in [1.807, 2.05) is 12.1 Å². The van der Waals surface area contributed by atoms with Crippen molar-refractivity contribution < 1.29 is 14.6 Å². The number of hydrogen-bond acceptors (Lipinski definition) is 6. The number of aromatic nitrogens is 4. The van der Waals surface area contributed by atoms with Crippen LogP contribution in [0.1, 0.15) is 10.4 Å². The van der Waals surface area contributed by atoms with Gasteiger partial charge in [0.25, 0.3) is 0 Å². The second-order valence-electron chi connectivity index (χ2n) is 5.53. The molecule has 0 spiro atoms. The molecule has 1 amide bonds. The number of aliphatic hydroxyl groups excluding tert-OH is 1. The third-order valence-corrected chi connectivity index (χ3v) is 4.04. The van der Waals surface area contributed by atoms with Gasteiger partial charge in [-0.3, -0.25) is 4.79 Å². The summed E-state index contributed by atoms with van der Waals surface area (Å²) < 4.78 is 6.47. The lowest BCUT2D eigenvalue weighted by atomic mass is 10.1. The van der Waals surface area contributed by atoms with Crippen LogP contribution in [0.3, 0.4) is 0 Å². The minimum absolute atomic E-state index is 0.103. The summed E-state index contributed by atoms with van der Waals surface area (Å²) in [7, 11) is 0. The van der Waals surface area contributed by atoms with Crippen molar-refractivity contribution in [3.63, 3.8) is 0 Å². The van der Waals surface area contributed by atoms with Gasteiger partial charge in [0.05, 0.1) is 6.54 Å². The summed E-state index contributed by atoms with van der Waals surface area (Å²) in [4.78, 5) is 12.4. The molecular weight excluding hydrogens is 402 g/mol. The Hall–Kier alpha value is -2.78. The molecule has 2 aromatic carbocycles. The first-order valence-electron chi connectivity index (χ1n) is 7.76. The topological polar surface area (TPSA) is 116 Å². The van der Waals surface area contributed by atoms with Crippen LogP contribution in [0.2, 0.25) is 0 Å². The fourth-order valence-corrected chi connectivity index (χ4v) is 2.45. The third kappa shape index (κ3) is 4.64. The van der Waals surface area contributed by atoms with Crippen LogP contribution < -0.4 is 10.5 Å². The first-order valence-corrected chi connectivity index (χ1v) is 8.55. The zero-order chi connectivity index (χ0) is 18.5. The van der Waals surface area contributed by atoms with Crippen molar-refractivity contribution in [2.24, 2.45) is 5.73 Å². The van der Waals surface area contributed by atoms with Crippen LogP contribution in [0.25, 0.3) is 11.4 Å². The van der Waals surface area contributed by atoms with Crippen LogP contribution in [0.5, 0.6) is 5.75 Å². The molecule has 1 atom stereocenters. The number of amides is 1. The van der Waals surface area contributed by atoms with Crippen molar-refractivity contribution in [3.8, 4) is 17.1 Å². The Morgan fingerprint density at radius 3 is 2.54 bits per heavy atom. The number of halogens is 1. The number of nitrogens with zero attached hydrogens (tertiary/aromatic N) is 4. The standard InChI is InChI=1S/C17H16BrN5O3/c18-13-5-7-15(8-6-13)26-10-14(24)9-23-21-17(20-22-23)12-3-1-11(2-4-12)16(19)25/h1-8,14,24H,9-10H2,(H2,19,25). The van der Waals surface area contributed by atoms with Crippen molar-refractivity contribution in [3.05, 3.63) is 58.6 Å². The molecule has 8 nitrogen and oxygen atoms in total. The van der Waals surface area contributed by atoms with Crippen molar-refractivity contribution in [2.75, 3.05) is 6.61 Å². The molecule has 0 radical (unpaired) electrons. The fourth-order valence-electron chi connectivity index (χ4n) is 2.18. The zero-order valence-corrected chi connectivity index (χ0v) is 15.2. The van der Waals surface area contributed by atoms with E-state index >= 15 is 0 Å². The molecule has 0 fully saturated rings. The summed E-state index contributed by atoms with van der Waals surface area (Å²) in [6.45, 7) is 0.245. The monoisotopic (exact) mass is 417 g/mol. The predicted molar refractivity (Wildman–Crippen MR) is 97.4 cm³/mol. The van der Waals surface area contributed by atoms with Gasteiger partial charge < -0.3 is 15.6 Å². The molecule has 0 saturated heterocycles. The van der Waals surface area contributed by atoms with Gasteiger partial charge in [-0.2, -0.15) is 4.80 Å². The van der Waals surface area contributed by atoms with Gasteiger partial charge in [0.2, 0.25) is 11.7 Å². The number of benzene rings is 2. The lowest BCUT2D eigenvalue weighted by Gasteiger charge is -2.11. The number of carbonyl (C=O) groups is 1. The second-order valence-corrected chi connectivity index (χ2v) is 6.44. The number of aliphatic hydroxyl groups is 1. The van der Waals surface area contributed by atoms with E-state index in [9.17, 15) is 9.90 Å². The van der Waals surface area contributed by atoms with Gasteiger partial charge in [0, 0.05) is 15.6 Å². The molecule has 1 aromatic heterocycles. The molecule has 0 aliphatic rings. The van der Waals surface area contributed by atoms with Gasteiger partial charge in [-0.1, -0.05) is 28.1 Å². The zero-order valence-electron chi connectivity index (χ0n) is 13.6. The molecule has 3 rings (SSSR count). The average molecular weight is 418 g/mol. The number of primary amides is 1. The van der Waals surface area contributed by atoms with Crippen LogP contribution in [0.15, 0.2) is 53.0 Å². The second kappa shape index (κ2) is 8.07. The maximum absolute atomic E-state index is 11.1. The highest BCUT2D eigenvalue weighted by Gasteiger charge is 2.12. The number of ether oxygens (including phenoxy) is 1. The summed E-state index contributed by atoms with van der Waals surface area (Å²) in [5.74, 6) is 0.554. The highest BCUT2D eigenvalue weighted by molar-refractivity contribution is 9.10. The van der Waals surface area contributed by atoms with Crippen LogP contribution in [-0.2, 0) is 6.54 Å². The number of rotatable bonds is 7. The van der Waals surface area contributed by atoms with Crippen molar-refractivity contribution in [1.82, 2.24) is 20.2 Å². The summed E-state index contributed by atoms with van der Waals surface area (Å²) in [6, 6.07) is 13.9. The van der Waals surface area contributed by atoms with Gasteiger partial charge in [-0.25, -0.2) is 0 Å². The fraction of sp³-hybridized carbons (Fsp3) is 0.176. The maximum Gasteiger partial charge on any atom is 0.248 e. The number of hydrogen-bond donors (Lipinski definition) is 2. The number of carbonyl (C=O) groups excluding carboxylic acids is 1. The number of nitrogens with two attached hydrogens (primary N) is 1. The van der Waals surface area contributed by atoms with Gasteiger partial charge in [-0.15, -0.1) is 10.2 Å². The SMILES string of the molecule is NC(=O)c1ccc(-c2nnn(CC(O)COc3ccc(Br)cc3)n2)cc1. The maximum atomic E-state index is 11.1. The van der Waals surface area contributed by atoms with E-state index in [0.29, 0.717) is 22.7 Å². The summed E-state index contributed by atoms with van der Waals surface area (Å²) >= 11 is 3.35. The molecule has 0 aliphatic heterocycles. The lowest BCUT2D eigenvalue weighted by Crippen LogP contribution is -2.24. The van der Waals surface area contributed by atoms with Crippen LogP contribution in [-0.4, -0.2) is 43.9 Å². The molecule has 0 bridgehead atoms. The highest BCUT2D eigenvalue weighted by Crippen LogP contribution is 2.17. The quantitative estimate of drug-likeness (QED) is 0.603. The molecule has 1 heterocycles. The Bertz CT molecular complexity index is 880. The van der Waals surface area contributed by atoms with Crippen molar-refractivity contribution >= 4 is 21.8 Å². The lowest BCUT2D eigenvalue weighted by molar-refractivity contribution is 0.0850. The van der Waals surface area contributed by atoms with Gasteiger partial charge in [0.15, 0.2) is 0 Å². The summed E-state index contributed by atoms with van der Waals surface area (Å²) in [5, 5.41) is 22.2. The summed E-state index contributed by atoms with van der Waals surface area (Å²) in [6.07, 6.45) is -0.794. The highest BCUT2D eigenvalue weighted by atomic mass is 79.9. The van der Waals surface area contributed by atoms with E-state index < -0.39 is 12.0 Å². The van der Waals surface area contributed by atoms with E-state index in [1.165, 1.54) is 4.80 Å². The Labute approximate surface area is 157 Å². The average Bonchev–Trinajstić information content (AvgIpc) is 3.10. The van der Waals surface area contributed by atoms with Crippen LogP contribution in [0.4, 0.5) is 0 Å². The van der Waals surface area contributed by atoms with E-state index in [4.69, 9.17) is 10.5 Å². The van der Waals surface area contributed by atoms with E-state index in [1.54, 1.807) is 36.4 Å². The normalized spacial score (nSPS) is 11.9. The van der Waals surface area contributed by atoms with Gasteiger partial charge in [0.1, 0.15) is 18.5 Å². The minimum atomic E-state index is -0.794. The van der Waals surface area contributed by atoms with Crippen molar-refractivity contribution in [2.45, 2.75) is 12.6 Å². The molecule has 9 heteroatoms. The van der Waals surface area contributed by atoms with Crippen molar-refractivity contribution in [1.29, 1.82) is 0 Å². The Balaban J connectivity index is 1.57. The van der Waals surface area contributed by atoms with Gasteiger partial charge in [-0.05, 0) is 41.6 Å². The van der Waals surface area contributed by atoms with Crippen LogP contribution in [0, 0.1) is 0 Å². The molecule has 0 saturated carbocycles. The number of tetrazole rings is 1. The smallest absolute Gasteiger partial charge is 0.248 e. The van der Waals surface area contributed by atoms with E-state index in [0.717, 1.165) is 4.47 Å². The molecule has 3 aromatic rings. The third-order valence-electron chi connectivity index (χ3n) is 3.51. The molecule has 3 N–H and O–H groups in total. The summed E-state index contributed by atoms with van der Waals surface area (Å²) in [5.41, 5.74) is 6.31.